The van der Waals surface area contributed by atoms with Crippen LogP contribution >= 0.6 is 0 Å². The Morgan fingerprint density at radius 1 is 0.358 bits per heavy atom. The standard InChI is InChI=1S/C65H43NO/c1-64(45-22-4-2-5-23-45)53-32-14-12-29-51(53)61-55(64)34-18-36-59(61)66(46-24-6-3-7-25-46)47-26-16-21-44(41-47)48-31-17-35-56-60(48)52-30-13-15-33-54(52)65(56)57-39-37-42-19-8-10-27-49(42)62(57)67-63-50-28-11-9-20-43(50)38-40-58(63)65/h2-41H,1H3. The normalized spacial score (nSPS) is 15.5. The number of fused-ring (bicyclic) bond motifs is 16. The number of nitrogens with zero attached hydrogens (tertiary/aromatic N) is 1. The minimum Gasteiger partial charge on any atom is -0.455 e. The van der Waals surface area contributed by atoms with Crippen LogP contribution in [0.4, 0.5) is 17.1 Å². The van der Waals surface area contributed by atoms with Crippen molar-refractivity contribution in [1.82, 2.24) is 0 Å². The van der Waals surface area contributed by atoms with Gasteiger partial charge in [-0.3, -0.25) is 0 Å². The molecule has 1 aliphatic heterocycles. The quantitative estimate of drug-likeness (QED) is 0.171. The summed E-state index contributed by atoms with van der Waals surface area (Å²) in [6.45, 7) is 2.39. The van der Waals surface area contributed by atoms with Crippen molar-refractivity contribution in [3.63, 3.8) is 0 Å². The lowest BCUT2D eigenvalue weighted by atomic mass is 9.65. The second kappa shape index (κ2) is 14.3. The second-order valence-corrected chi connectivity index (χ2v) is 18.4. The molecule has 0 N–H and O–H groups in total. The van der Waals surface area contributed by atoms with Gasteiger partial charge in [-0.05, 0) is 104 Å². The summed E-state index contributed by atoms with van der Waals surface area (Å²) in [5, 5.41) is 4.57. The van der Waals surface area contributed by atoms with E-state index in [-0.39, 0.29) is 5.41 Å². The summed E-state index contributed by atoms with van der Waals surface area (Å²) in [7, 11) is 0. The zero-order chi connectivity index (χ0) is 44.3. The van der Waals surface area contributed by atoms with E-state index in [0.29, 0.717) is 0 Å². The number of ether oxygens (including phenoxy) is 1. The van der Waals surface area contributed by atoms with Crippen LogP contribution in [-0.4, -0.2) is 0 Å². The van der Waals surface area contributed by atoms with Crippen molar-refractivity contribution in [1.29, 1.82) is 0 Å². The summed E-state index contributed by atoms with van der Waals surface area (Å²) in [5.41, 5.74) is 18.6. The SMILES string of the molecule is CC1(c2ccccc2)c2ccccc2-c2c(N(c3ccccc3)c3cccc(-c4cccc5c4-c4ccccc4C54c5ccc6ccccc6c5Oc5c4ccc4ccccc54)c3)cccc21. The molecule has 1 heterocycles. The summed E-state index contributed by atoms with van der Waals surface area (Å²) in [5.74, 6) is 1.85. The Labute approximate surface area is 390 Å². The lowest BCUT2D eigenvalue weighted by Crippen LogP contribution is -2.32. The van der Waals surface area contributed by atoms with Gasteiger partial charge in [0.1, 0.15) is 11.5 Å². The lowest BCUT2D eigenvalue weighted by molar-refractivity contribution is 0.447. The number of anilines is 3. The average Bonchev–Trinajstić information content (AvgIpc) is 3.84. The first-order valence-electron chi connectivity index (χ1n) is 23.3. The first-order chi connectivity index (χ1) is 33.1. The average molecular weight is 854 g/mol. The molecular weight excluding hydrogens is 811 g/mol. The molecule has 67 heavy (non-hydrogen) atoms. The molecule has 1 spiro atoms. The smallest absolute Gasteiger partial charge is 0.140 e. The molecule has 0 radical (unpaired) electrons. The van der Waals surface area contributed by atoms with Gasteiger partial charge in [0.25, 0.3) is 0 Å². The van der Waals surface area contributed by atoms with Crippen LogP contribution in [0.5, 0.6) is 11.5 Å². The summed E-state index contributed by atoms with van der Waals surface area (Å²) in [6.07, 6.45) is 0. The van der Waals surface area contributed by atoms with Crippen molar-refractivity contribution in [2.45, 2.75) is 17.8 Å². The Kier molecular flexibility index (Phi) is 8.06. The molecule has 2 aliphatic carbocycles. The zero-order valence-electron chi connectivity index (χ0n) is 36.9. The van der Waals surface area contributed by atoms with Gasteiger partial charge in [-0.2, -0.15) is 0 Å². The van der Waals surface area contributed by atoms with Crippen LogP contribution in [0.2, 0.25) is 0 Å². The second-order valence-electron chi connectivity index (χ2n) is 18.4. The minimum absolute atomic E-state index is 0.318. The number of hydrogen-bond donors (Lipinski definition) is 0. The van der Waals surface area contributed by atoms with Gasteiger partial charge >= 0.3 is 0 Å². The van der Waals surface area contributed by atoms with Crippen molar-refractivity contribution in [3.8, 4) is 44.9 Å². The van der Waals surface area contributed by atoms with E-state index in [9.17, 15) is 0 Å². The van der Waals surface area contributed by atoms with Crippen molar-refractivity contribution in [3.05, 3.63) is 282 Å². The molecule has 3 aliphatic rings. The predicted molar refractivity (Wildman–Crippen MR) is 276 cm³/mol. The fourth-order valence-corrected chi connectivity index (χ4v) is 12.3. The fraction of sp³-hybridized carbons (Fsp3) is 0.0462. The van der Waals surface area contributed by atoms with E-state index < -0.39 is 5.41 Å². The first kappa shape index (κ1) is 37.9. The Hall–Kier alpha value is -8.46. The molecule has 0 amide bonds. The molecule has 1 atom stereocenters. The van der Waals surface area contributed by atoms with Gasteiger partial charge in [-0.1, -0.05) is 212 Å². The maximum Gasteiger partial charge on any atom is 0.140 e. The Morgan fingerprint density at radius 2 is 0.881 bits per heavy atom. The topological polar surface area (TPSA) is 12.5 Å². The summed E-state index contributed by atoms with van der Waals surface area (Å²) < 4.78 is 7.25. The molecule has 11 aromatic carbocycles. The van der Waals surface area contributed by atoms with E-state index in [4.69, 9.17) is 4.74 Å². The third-order valence-electron chi connectivity index (χ3n) is 15.2. The monoisotopic (exact) mass is 853 g/mol. The van der Waals surface area contributed by atoms with Gasteiger partial charge in [0.15, 0.2) is 0 Å². The molecule has 11 aromatic rings. The highest BCUT2D eigenvalue weighted by molar-refractivity contribution is 6.03. The Morgan fingerprint density at radius 3 is 1.60 bits per heavy atom. The largest absolute Gasteiger partial charge is 0.455 e. The summed E-state index contributed by atoms with van der Waals surface area (Å²) >= 11 is 0. The Bertz CT molecular complexity index is 3730. The highest BCUT2D eigenvalue weighted by Crippen LogP contribution is 2.65. The third-order valence-corrected chi connectivity index (χ3v) is 15.2. The van der Waals surface area contributed by atoms with Crippen LogP contribution in [0.15, 0.2) is 243 Å². The lowest BCUT2D eigenvalue weighted by Gasteiger charge is -2.40. The highest BCUT2D eigenvalue weighted by Gasteiger charge is 2.52. The molecular formula is C65H43NO. The number of para-hydroxylation sites is 1. The van der Waals surface area contributed by atoms with E-state index in [0.717, 1.165) is 55.7 Å². The zero-order valence-corrected chi connectivity index (χ0v) is 36.9. The van der Waals surface area contributed by atoms with E-state index in [1.54, 1.807) is 0 Å². The van der Waals surface area contributed by atoms with Gasteiger partial charge in [-0.15, -0.1) is 0 Å². The highest BCUT2D eigenvalue weighted by atomic mass is 16.5. The first-order valence-corrected chi connectivity index (χ1v) is 23.3. The van der Waals surface area contributed by atoms with Crippen LogP contribution in [0, 0.1) is 0 Å². The van der Waals surface area contributed by atoms with Crippen LogP contribution in [-0.2, 0) is 10.8 Å². The van der Waals surface area contributed by atoms with Crippen molar-refractivity contribution < 1.29 is 4.74 Å². The van der Waals surface area contributed by atoms with Gasteiger partial charge in [-0.25, -0.2) is 0 Å². The van der Waals surface area contributed by atoms with E-state index in [1.807, 2.05) is 0 Å². The van der Waals surface area contributed by atoms with Crippen molar-refractivity contribution in [2.75, 3.05) is 4.90 Å². The maximum atomic E-state index is 7.25. The van der Waals surface area contributed by atoms with E-state index in [2.05, 4.69) is 254 Å². The van der Waals surface area contributed by atoms with Crippen molar-refractivity contribution in [2.24, 2.45) is 0 Å². The number of benzene rings is 11. The van der Waals surface area contributed by atoms with E-state index in [1.165, 1.54) is 66.8 Å². The van der Waals surface area contributed by atoms with Crippen LogP contribution in [0.3, 0.4) is 0 Å². The number of hydrogen-bond acceptors (Lipinski definition) is 2. The van der Waals surface area contributed by atoms with Gasteiger partial charge in [0.2, 0.25) is 0 Å². The number of rotatable bonds is 5. The third kappa shape index (κ3) is 5.16. The molecule has 2 heteroatoms. The van der Waals surface area contributed by atoms with Crippen LogP contribution in [0.1, 0.15) is 45.9 Å². The predicted octanol–water partition coefficient (Wildman–Crippen LogP) is 16.9. The Balaban J connectivity index is 1.01. The van der Waals surface area contributed by atoms with E-state index >= 15 is 0 Å². The molecule has 2 nitrogen and oxygen atoms in total. The molecule has 314 valence electrons. The minimum atomic E-state index is -0.629. The maximum absolute atomic E-state index is 7.25. The van der Waals surface area contributed by atoms with Crippen molar-refractivity contribution >= 4 is 38.6 Å². The molecule has 0 saturated carbocycles. The fourth-order valence-electron chi connectivity index (χ4n) is 12.3. The van der Waals surface area contributed by atoms with Gasteiger partial charge in [0.05, 0.1) is 11.1 Å². The molecule has 1 unspecified atom stereocenters. The molecule has 0 saturated heterocycles. The molecule has 0 fully saturated rings. The molecule has 14 rings (SSSR count). The van der Waals surface area contributed by atoms with Gasteiger partial charge in [0, 0.05) is 44.3 Å². The summed E-state index contributed by atoms with van der Waals surface area (Å²) in [4.78, 5) is 2.47. The van der Waals surface area contributed by atoms with Crippen LogP contribution in [0.25, 0.3) is 54.9 Å². The van der Waals surface area contributed by atoms with Crippen LogP contribution < -0.4 is 9.64 Å². The molecule has 0 bridgehead atoms. The summed E-state index contributed by atoms with van der Waals surface area (Å²) in [6, 6.07) is 89.5. The molecule has 0 aromatic heterocycles. The van der Waals surface area contributed by atoms with Gasteiger partial charge < -0.3 is 9.64 Å².